The first kappa shape index (κ1) is 18.8. The molecule has 26 heavy (non-hydrogen) atoms. The zero-order chi connectivity index (χ0) is 19.4. The van der Waals surface area contributed by atoms with E-state index < -0.39 is 48.0 Å². The van der Waals surface area contributed by atoms with Crippen molar-refractivity contribution in [3.05, 3.63) is 33.7 Å². The van der Waals surface area contributed by atoms with Crippen LogP contribution in [-0.2, 0) is 20.8 Å². The number of carboxylic acid groups (broad SMARTS) is 1. The molecule has 0 unspecified atom stereocenters. The number of phenolic OH excluding ortho intramolecular Hbond substituents is 2. The molecule has 1 heterocycles. The summed E-state index contributed by atoms with van der Waals surface area (Å²) in [5.74, 6) is -3.58. The summed E-state index contributed by atoms with van der Waals surface area (Å²) in [6.07, 6.45) is -0.377. The van der Waals surface area contributed by atoms with Crippen molar-refractivity contribution in [3.8, 4) is 11.5 Å². The van der Waals surface area contributed by atoms with E-state index in [0.29, 0.717) is 10.9 Å². The molecule has 138 valence electrons. The lowest BCUT2D eigenvalue weighted by atomic mass is 10.0. The van der Waals surface area contributed by atoms with E-state index in [1.54, 1.807) is 6.92 Å². The van der Waals surface area contributed by atoms with Crippen molar-refractivity contribution in [1.82, 2.24) is 10.6 Å². The fourth-order valence-electron chi connectivity index (χ4n) is 2.27. The molecule has 0 saturated heterocycles. The van der Waals surface area contributed by atoms with E-state index in [1.807, 2.05) is 0 Å². The Bertz CT molecular complexity index is 947. The molecular formula is C16H16N2O8. The zero-order valence-corrected chi connectivity index (χ0v) is 13.7. The first-order chi connectivity index (χ1) is 12.2. The molecule has 2 rings (SSSR count). The smallest absolute Gasteiger partial charge is 0.340 e. The largest absolute Gasteiger partial charge is 0.504 e. The second-order valence-corrected chi connectivity index (χ2v) is 5.43. The van der Waals surface area contributed by atoms with Crippen molar-refractivity contribution >= 4 is 28.8 Å². The molecule has 10 heteroatoms. The van der Waals surface area contributed by atoms with Crippen molar-refractivity contribution in [2.45, 2.75) is 13.3 Å². The van der Waals surface area contributed by atoms with Crippen LogP contribution in [0.25, 0.3) is 11.0 Å². The summed E-state index contributed by atoms with van der Waals surface area (Å²) in [5, 5.41) is 32.4. The number of phenols is 2. The van der Waals surface area contributed by atoms with Crippen LogP contribution >= 0.6 is 0 Å². The predicted octanol–water partition coefficient (Wildman–Crippen LogP) is -0.628. The van der Waals surface area contributed by atoms with Gasteiger partial charge in [0.1, 0.15) is 6.54 Å². The SMILES string of the molecule is Cc1c(CC(=O)NCC(=O)NCC(=O)O)c(=O)oc2c(O)c(O)ccc12. The first-order valence-corrected chi connectivity index (χ1v) is 7.43. The summed E-state index contributed by atoms with van der Waals surface area (Å²) in [4.78, 5) is 45.7. The third-order valence-corrected chi connectivity index (χ3v) is 3.63. The Balaban J connectivity index is 2.14. The van der Waals surface area contributed by atoms with Gasteiger partial charge >= 0.3 is 11.6 Å². The molecule has 10 nitrogen and oxygen atoms in total. The van der Waals surface area contributed by atoms with Gasteiger partial charge in [0.05, 0.1) is 18.5 Å². The number of carboxylic acids is 1. The monoisotopic (exact) mass is 364 g/mol. The molecule has 0 saturated carbocycles. The summed E-state index contributed by atoms with van der Waals surface area (Å²) in [5.41, 5.74) is -0.630. The Labute approximate surface area is 146 Å². The van der Waals surface area contributed by atoms with Gasteiger partial charge < -0.3 is 30.4 Å². The van der Waals surface area contributed by atoms with Gasteiger partial charge in [-0.25, -0.2) is 4.79 Å². The molecule has 1 aromatic carbocycles. The number of aromatic hydroxyl groups is 2. The van der Waals surface area contributed by atoms with E-state index >= 15 is 0 Å². The Morgan fingerprint density at radius 3 is 2.38 bits per heavy atom. The highest BCUT2D eigenvalue weighted by Gasteiger charge is 2.18. The quantitative estimate of drug-likeness (QED) is 0.334. The van der Waals surface area contributed by atoms with Crippen molar-refractivity contribution in [2.24, 2.45) is 0 Å². The number of hydrogen-bond acceptors (Lipinski definition) is 7. The molecule has 2 amide bonds. The van der Waals surface area contributed by atoms with Crippen LogP contribution in [0.15, 0.2) is 21.3 Å². The fraction of sp³-hybridized carbons (Fsp3) is 0.250. The van der Waals surface area contributed by atoms with Crippen molar-refractivity contribution in [2.75, 3.05) is 13.1 Å². The minimum Gasteiger partial charge on any atom is -0.504 e. The third-order valence-electron chi connectivity index (χ3n) is 3.63. The fourth-order valence-corrected chi connectivity index (χ4v) is 2.27. The van der Waals surface area contributed by atoms with Gasteiger partial charge in [-0.15, -0.1) is 0 Å². The maximum absolute atomic E-state index is 12.1. The van der Waals surface area contributed by atoms with E-state index in [1.165, 1.54) is 12.1 Å². The normalized spacial score (nSPS) is 10.5. The summed E-state index contributed by atoms with van der Waals surface area (Å²) in [6.45, 7) is 0.537. The van der Waals surface area contributed by atoms with Crippen LogP contribution in [0, 0.1) is 6.92 Å². The van der Waals surface area contributed by atoms with Gasteiger partial charge in [-0.1, -0.05) is 0 Å². The molecule has 2 aromatic rings. The Morgan fingerprint density at radius 1 is 1.08 bits per heavy atom. The van der Waals surface area contributed by atoms with Crippen molar-refractivity contribution in [1.29, 1.82) is 0 Å². The summed E-state index contributed by atoms with van der Waals surface area (Å²) < 4.78 is 4.99. The molecule has 0 bridgehead atoms. The number of aliphatic carboxylic acids is 1. The van der Waals surface area contributed by atoms with Gasteiger partial charge in [0.2, 0.25) is 17.6 Å². The standard InChI is InChI=1S/C16H16N2O8/c1-7-8-2-3-10(19)14(24)15(8)26-16(25)9(7)4-11(20)17-5-12(21)18-6-13(22)23/h2-3,19,24H,4-6H2,1H3,(H,17,20)(H,18,21)(H,22,23). The summed E-state index contributed by atoms with van der Waals surface area (Å²) in [6, 6.07) is 2.66. The van der Waals surface area contributed by atoms with Crippen molar-refractivity contribution in [3.63, 3.8) is 0 Å². The van der Waals surface area contributed by atoms with Crippen LogP contribution in [0.5, 0.6) is 11.5 Å². The molecule has 0 radical (unpaired) electrons. The zero-order valence-electron chi connectivity index (χ0n) is 13.7. The second-order valence-electron chi connectivity index (χ2n) is 5.43. The number of carbonyl (C=O) groups is 3. The van der Waals surface area contributed by atoms with Gasteiger partial charge in [-0.05, 0) is 24.6 Å². The predicted molar refractivity (Wildman–Crippen MR) is 87.9 cm³/mol. The molecule has 1 aromatic heterocycles. The van der Waals surface area contributed by atoms with Gasteiger partial charge in [0, 0.05) is 5.39 Å². The Morgan fingerprint density at radius 2 is 1.73 bits per heavy atom. The molecule has 0 aliphatic heterocycles. The number of fused-ring (bicyclic) bond motifs is 1. The molecule has 5 N–H and O–H groups in total. The van der Waals surface area contributed by atoms with E-state index in [2.05, 4.69) is 10.6 Å². The molecule has 0 aliphatic rings. The minimum absolute atomic E-state index is 0.0334. The van der Waals surface area contributed by atoms with Crippen LogP contribution in [0.4, 0.5) is 0 Å². The highest BCUT2D eigenvalue weighted by molar-refractivity contribution is 5.90. The molecule has 0 fully saturated rings. The van der Waals surface area contributed by atoms with Crippen molar-refractivity contribution < 1.29 is 34.1 Å². The summed E-state index contributed by atoms with van der Waals surface area (Å²) >= 11 is 0. The maximum atomic E-state index is 12.1. The summed E-state index contributed by atoms with van der Waals surface area (Å²) in [7, 11) is 0. The number of amides is 2. The molecule has 0 spiro atoms. The molecular weight excluding hydrogens is 348 g/mol. The van der Waals surface area contributed by atoms with Crippen LogP contribution < -0.4 is 16.3 Å². The van der Waals surface area contributed by atoms with E-state index in [0.717, 1.165) is 0 Å². The first-order valence-electron chi connectivity index (χ1n) is 7.43. The van der Waals surface area contributed by atoms with Crippen LogP contribution in [0.3, 0.4) is 0 Å². The number of aryl methyl sites for hydroxylation is 1. The van der Waals surface area contributed by atoms with E-state index in [-0.39, 0.29) is 17.6 Å². The number of nitrogens with one attached hydrogen (secondary N) is 2. The minimum atomic E-state index is -1.22. The maximum Gasteiger partial charge on any atom is 0.340 e. The van der Waals surface area contributed by atoms with Gasteiger partial charge in [0.15, 0.2) is 11.3 Å². The Hall–Kier alpha value is -3.56. The van der Waals surface area contributed by atoms with Crippen LogP contribution in [0.1, 0.15) is 11.1 Å². The van der Waals surface area contributed by atoms with E-state index in [9.17, 15) is 29.4 Å². The second kappa shape index (κ2) is 7.55. The topological polar surface area (TPSA) is 166 Å². The lowest BCUT2D eigenvalue weighted by Gasteiger charge is -2.10. The lowest BCUT2D eigenvalue weighted by Crippen LogP contribution is -2.39. The van der Waals surface area contributed by atoms with Gasteiger partial charge in [-0.2, -0.15) is 0 Å². The highest BCUT2D eigenvalue weighted by atomic mass is 16.4. The molecule has 0 aliphatic carbocycles. The van der Waals surface area contributed by atoms with Crippen LogP contribution in [0.2, 0.25) is 0 Å². The Kier molecular flexibility index (Phi) is 5.45. The van der Waals surface area contributed by atoms with Gasteiger partial charge in [0.25, 0.3) is 0 Å². The average Bonchev–Trinajstić information content (AvgIpc) is 2.58. The van der Waals surface area contributed by atoms with Gasteiger partial charge in [-0.3, -0.25) is 14.4 Å². The lowest BCUT2D eigenvalue weighted by molar-refractivity contribution is -0.137. The average molecular weight is 364 g/mol. The molecule has 0 atom stereocenters. The highest BCUT2D eigenvalue weighted by Crippen LogP contribution is 2.34. The number of carbonyl (C=O) groups excluding carboxylic acids is 2. The van der Waals surface area contributed by atoms with E-state index in [4.69, 9.17) is 9.52 Å². The number of rotatable bonds is 6. The third kappa shape index (κ3) is 4.09. The van der Waals surface area contributed by atoms with Crippen LogP contribution in [-0.4, -0.2) is 46.2 Å². The number of benzene rings is 1. The number of hydrogen-bond donors (Lipinski definition) is 5.